The van der Waals surface area contributed by atoms with Gasteiger partial charge in [0.05, 0.1) is 19.3 Å². The predicted octanol–water partition coefficient (Wildman–Crippen LogP) is 1.78. The summed E-state index contributed by atoms with van der Waals surface area (Å²) in [5.74, 6) is 0.833. The van der Waals surface area contributed by atoms with Gasteiger partial charge >= 0.3 is 0 Å². The van der Waals surface area contributed by atoms with Crippen LogP contribution in [0.3, 0.4) is 0 Å². The molecular formula is C13H18O3. The molecule has 16 heavy (non-hydrogen) atoms. The molecule has 88 valence electrons. The first-order valence-electron chi connectivity index (χ1n) is 5.73. The van der Waals surface area contributed by atoms with Crippen LogP contribution in [-0.2, 0) is 11.2 Å². The van der Waals surface area contributed by atoms with E-state index in [0.29, 0.717) is 6.42 Å². The van der Waals surface area contributed by atoms with Gasteiger partial charge in [0.25, 0.3) is 0 Å². The van der Waals surface area contributed by atoms with Crippen molar-refractivity contribution in [1.29, 1.82) is 0 Å². The average molecular weight is 222 g/mol. The third-order valence-electron chi connectivity index (χ3n) is 3.02. The van der Waals surface area contributed by atoms with Crippen LogP contribution in [0.1, 0.15) is 18.4 Å². The molecule has 1 fully saturated rings. The van der Waals surface area contributed by atoms with Gasteiger partial charge in [0, 0.05) is 13.0 Å². The minimum Gasteiger partial charge on any atom is -0.496 e. The maximum Gasteiger partial charge on any atom is 0.122 e. The molecule has 1 aliphatic heterocycles. The molecule has 0 spiro atoms. The van der Waals surface area contributed by atoms with E-state index in [9.17, 15) is 5.11 Å². The fraction of sp³-hybridized carbons (Fsp3) is 0.538. The smallest absolute Gasteiger partial charge is 0.122 e. The molecule has 2 atom stereocenters. The van der Waals surface area contributed by atoms with Gasteiger partial charge in [-0.2, -0.15) is 0 Å². The molecule has 0 saturated carbocycles. The molecule has 3 heteroatoms. The second-order valence-corrected chi connectivity index (χ2v) is 4.13. The van der Waals surface area contributed by atoms with Crippen molar-refractivity contribution in [3.63, 3.8) is 0 Å². The van der Waals surface area contributed by atoms with Crippen LogP contribution < -0.4 is 4.74 Å². The standard InChI is InChI=1S/C13H18O3/c1-15-12-6-3-2-5-10(12)9-11(14)13-7-4-8-16-13/h2-3,5-6,11,13-14H,4,7-9H2,1H3. The highest BCUT2D eigenvalue weighted by Crippen LogP contribution is 2.23. The number of para-hydroxylation sites is 1. The molecule has 2 rings (SSSR count). The van der Waals surface area contributed by atoms with E-state index >= 15 is 0 Å². The van der Waals surface area contributed by atoms with Crippen LogP contribution in [0.5, 0.6) is 5.75 Å². The first kappa shape index (κ1) is 11.4. The zero-order chi connectivity index (χ0) is 11.4. The fourth-order valence-corrected chi connectivity index (χ4v) is 2.13. The Balaban J connectivity index is 2.01. The summed E-state index contributed by atoms with van der Waals surface area (Å²) >= 11 is 0. The van der Waals surface area contributed by atoms with E-state index in [1.165, 1.54) is 0 Å². The van der Waals surface area contributed by atoms with Crippen LogP contribution in [0.2, 0.25) is 0 Å². The number of hydrogen-bond acceptors (Lipinski definition) is 3. The molecule has 0 bridgehead atoms. The Kier molecular flexibility index (Phi) is 3.80. The van der Waals surface area contributed by atoms with Crippen LogP contribution in [0.25, 0.3) is 0 Å². The molecule has 1 saturated heterocycles. The van der Waals surface area contributed by atoms with Gasteiger partial charge in [-0.05, 0) is 24.5 Å². The first-order chi connectivity index (χ1) is 7.81. The lowest BCUT2D eigenvalue weighted by molar-refractivity contribution is -0.000993. The van der Waals surface area contributed by atoms with Gasteiger partial charge in [0.2, 0.25) is 0 Å². The molecule has 0 amide bonds. The number of rotatable bonds is 4. The highest BCUT2D eigenvalue weighted by molar-refractivity contribution is 5.33. The lowest BCUT2D eigenvalue weighted by Crippen LogP contribution is -2.27. The van der Waals surface area contributed by atoms with E-state index in [-0.39, 0.29) is 6.10 Å². The molecule has 1 aliphatic rings. The van der Waals surface area contributed by atoms with Crippen molar-refractivity contribution >= 4 is 0 Å². The van der Waals surface area contributed by atoms with Gasteiger partial charge in [-0.25, -0.2) is 0 Å². The van der Waals surface area contributed by atoms with Crippen molar-refractivity contribution in [2.75, 3.05) is 13.7 Å². The van der Waals surface area contributed by atoms with E-state index in [2.05, 4.69) is 0 Å². The second-order valence-electron chi connectivity index (χ2n) is 4.13. The van der Waals surface area contributed by atoms with E-state index in [4.69, 9.17) is 9.47 Å². The van der Waals surface area contributed by atoms with Crippen molar-refractivity contribution in [3.8, 4) is 5.75 Å². The summed E-state index contributed by atoms with van der Waals surface area (Å²) in [5.41, 5.74) is 1.04. The monoisotopic (exact) mass is 222 g/mol. The third-order valence-corrected chi connectivity index (χ3v) is 3.02. The SMILES string of the molecule is COc1ccccc1CC(O)C1CCCO1. The maximum atomic E-state index is 10.0. The van der Waals surface area contributed by atoms with Gasteiger partial charge in [-0.15, -0.1) is 0 Å². The normalized spacial score (nSPS) is 22.0. The van der Waals surface area contributed by atoms with E-state index in [1.807, 2.05) is 24.3 Å². The van der Waals surface area contributed by atoms with E-state index in [1.54, 1.807) is 7.11 Å². The Morgan fingerprint density at radius 1 is 1.50 bits per heavy atom. The number of aliphatic hydroxyl groups excluding tert-OH is 1. The molecule has 2 unspecified atom stereocenters. The summed E-state index contributed by atoms with van der Waals surface area (Å²) in [7, 11) is 1.65. The first-order valence-corrected chi connectivity index (χ1v) is 5.73. The Morgan fingerprint density at radius 2 is 2.31 bits per heavy atom. The number of hydrogen-bond donors (Lipinski definition) is 1. The lowest BCUT2D eigenvalue weighted by atomic mass is 10.0. The molecule has 1 aromatic rings. The molecule has 1 heterocycles. The van der Waals surface area contributed by atoms with Crippen LogP contribution >= 0.6 is 0 Å². The van der Waals surface area contributed by atoms with Crippen LogP contribution in [0.15, 0.2) is 24.3 Å². The number of aliphatic hydroxyl groups is 1. The molecule has 0 radical (unpaired) electrons. The molecule has 0 aliphatic carbocycles. The molecule has 1 aromatic carbocycles. The molecule has 0 aromatic heterocycles. The van der Waals surface area contributed by atoms with Crippen molar-refractivity contribution in [2.45, 2.75) is 31.5 Å². The summed E-state index contributed by atoms with van der Waals surface area (Å²) in [6.07, 6.45) is 2.15. The number of ether oxygens (including phenoxy) is 2. The van der Waals surface area contributed by atoms with Crippen molar-refractivity contribution in [3.05, 3.63) is 29.8 Å². The highest BCUT2D eigenvalue weighted by atomic mass is 16.5. The zero-order valence-electron chi connectivity index (χ0n) is 9.56. The lowest BCUT2D eigenvalue weighted by Gasteiger charge is -2.18. The van der Waals surface area contributed by atoms with Gasteiger partial charge in [-0.3, -0.25) is 0 Å². The Labute approximate surface area is 96.0 Å². The average Bonchev–Trinajstić information content (AvgIpc) is 2.83. The Bertz CT molecular complexity index is 332. The predicted molar refractivity (Wildman–Crippen MR) is 61.7 cm³/mol. The van der Waals surface area contributed by atoms with Gasteiger partial charge in [0.15, 0.2) is 0 Å². The van der Waals surface area contributed by atoms with Gasteiger partial charge in [0.1, 0.15) is 5.75 Å². The van der Waals surface area contributed by atoms with Crippen LogP contribution in [-0.4, -0.2) is 31.0 Å². The highest BCUT2D eigenvalue weighted by Gasteiger charge is 2.24. The van der Waals surface area contributed by atoms with Crippen molar-refractivity contribution < 1.29 is 14.6 Å². The topological polar surface area (TPSA) is 38.7 Å². The Hall–Kier alpha value is -1.06. The largest absolute Gasteiger partial charge is 0.496 e. The van der Waals surface area contributed by atoms with Gasteiger partial charge in [-0.1, -0.05) is 18.2 Å². The minimum absolute atomic E-state index is 0.00934. The number of methoxy groups -OCH3 is 1. The molecule has 1 N–H and O–H groups in total. The minimum atomic E-state index is -0.432. The third kappa shape index (κ3) is 2.54. The summed E-state index contributed by atoms with van der Waals surface area (Å²) in [5, 5.41) is 10.0. The van der Waals surface area contributed by atoms with E-state index < -0.39 is 6.10 Å². The molecular weight excluding hydrogens is 204 g/mol. The molecule has 3 nitrogen and oxygen atoms in total. The number of benzene rings is 1. The van der Waals surface area contributed by atoms with Crippen LogP contribution in [0, 0.1) is 0 Å². The quantitative estimate of drug-likeness (QED) is 0.844. The second kappa shape index (κ2) is 5.32. The van der Waals surface area contributed by atoms with Crippen molar-refractivity contribution in [1.82, 2.24) is 0 Å². The maximum absolute atomic E-state index is 10.0. The zero-order valence-corrected chi connectivity index (χ0v) is 9.56. The summed E-state index contributed by atoms with van der Waals surface area (Å²) < 4.78 is 10.7. The van der Waals surface area contributed by atoms with Crippen LogP contribution in [0.4, 0.5) is 0 Å². The Morgan fingerprint density at radius 3 is 3.00 bits per heavy atom. The van der Waals surface area contributed by atoms with Gasteiger partial charge < -0.3 is 14.6 Å². The summed E-state index contributed by atoms with van der Waals surface area (Å²) in [4.78, 5) is 0. The summed E-state index contributed by atoms with van der Waals surface area (Å²) in [6, 6.07) is 7.79. The summed E-state index contributed by atoms with van der Waals surface area (Å²) in [6.45, 7) is 0.771. The van der Waals surface area contributed by atoms with Crippen molar-refractivity contribution in [2.24, 2.45) is 0 Å². The van der Waals surface area contributed by atoms with E-state index in [0.717, 1.165) is 30.8 Å². The fourth-order valence-electron chi connectivity index (χ4n) is 2.13.